The first-order valence-electron chi connectivity index (χ1n) is 7.60. The van der Waals surface area contributed by atoms with E-state index in [1.807, 2.05) is 30.3 Å². The molecule has 0 aliphatic carbocycles. The Labute approximate surface area is 140 Å². The molecule has 0 amide bonds. The SMILES string of the molecule is CCC(C)(C)NCc1ccc(OCc2ccccc2)cc1.Cl. The van der Waals surface area contributed by atoms with E-state index in [4.69, 9.17) is 4.74 Å². The number of benzene rings is 2. The molecule has 0 atom stereocenters. The Morgan fingerprint density at radius 1 is 0.909 bits per heavy atom. The summed E-state index contributed by atoms with van der Waals surface area (Å²) < 4.78 is 5.79. The van der Waals surface area contributed by atoms with Crippen LogP contribution in [0.15, 0.2) is 54.6 Å². The molecule has 0 aliphatic heterocycles. The van der Waals surface area contributed by atoms with E-state index in [1.165, 1.54) is 11.1 Å². The van der Waals surface area contributed by atoms with Crippen LogP contribution in [0.4, 0.5) is 0 Å². The molecular weight excluding hydrogens is 294 g/mol. The third-order valence-electron chi connectivity index (χ3n) is 3.83. The van der Waals surface area contributed by atoms with Crippen LogP contribution in [-0.2, 0) is 13.2 Å². The van der Waals surface area contributed by atoms with Gasteiger partial charge in [-0.2, -0.15) is 0 Å². The van der Waals surface area contributed by atoms with Crippen LogP contribution < -0.4 is 10.1 Å². The molecule has 0 bridgehead atoms. The van der Waals surface area contributed by atoms with E-state index in [0.29, 0.717) is 6.61 Å². The van der Waals surface area contributed by atoms with Crippen molar-refractivity contribution in [1.29, 1.82) is 0 Å². The third kappa shape index (κ3) is 6.08. The van der Waals surface area contributed by atoms with Gasteiger partial charge in [0, 0.05) is 12.1 Å². The lowest BCUT2D eigenvalue weighted by atomic mass is 10.0. The lowest BCUT2D eigenvalue weighted by Gasteiger charge is -2.24. The van der Waals surface area contributed by atoms with Gasteiger partial charge in [0.2, 0.25) is 0 Å². The maximum atomic E-state index is 5.79. The maximum Gasteiger partial charge on any atom is 0.119 e. The molecule has 2 aromatic carbocycles. The molecule has 0 fully saturated rings. The molecule has 22 heavy (non-hydrogen) atoms. The van der Waals surface area contributed by atoms with E-state index in [0.717, 1.165) is 18.7 Å². The monoisotopic (exact) mass is 319 g/mol. The molecule has 0 aliphatic rings. The molecule has 3 heteroatoms. The molecule has 0 spiro atoms. The van der Waals surface area contributed by atoms with Gasteiger partial charge >= 0.3 is 0 Å². The van der Waals surface area contributed by atoms with Crippen molar-refractivity contribution in [2.24, 2.45) is 0 Å². The minimum atomic E-state index is 0. The fourth-order valence-electron chi connectivity index (χ4n) is 1.91. The van der Waals surface area contributed by atoms with Gasteiger partial charge in [-0.25, -0.2) is 0 Å². The van der Waals surface area contributed by atoms with Gasteiger partial charge in [-0.15, -0.1) is 12.4 Å². The molecule has 0 aromatic heterocycles. The zero-order valence-electron chi connectivity index (χ0n) is 13.6. The Morgan fingerprint density at radius 3 is 2.14 bits per heavy atom. The highest BCUT2D eigenvalue weighted by molar-refractivity contribution is 5.85. The Kier molecular flexibility index (Phi) is 7.43. The average Bonchev–Trinajstić information content (AvgIpc) is 2.53. The first kappa shape index (κ1) is 18.5. The number of hydrogen-bond donors (Lipinski definition) is 1. The zero-order valence-corrected chi connectivity index (χ0v) is 14.5. The number of hydrogen-bond acceptors (Lipinski definition) is 2. The topological polar surface area (TPSA) is 21.3 Å². The van der Waals surface area contributed by atoms with Gasteiger partial charge in [-0.1, -0.05) is 49.4 Å². The minimum Gasteiger partial charge on any atom is -0.489 e. The highest BCUT2D eigenvalue weighted by atomic mass is 35.5. The van der Waals surface area contributed by atoms with Gasteiger partial charge in [0.05, 0.1) is 0 Å². The number of rotatable bonds is 7. The summed E-state index contributed by atoms with van der Waals surface area (Å²) in [6.45, 7) is 8.16. The van der Waals surface area contributed by atoms with Crippen LogP contribution in [0.5, 0.6) is 5.75 Å². The molecule has 0 saturated carbocycles. The van der Waals surface area contributed by atoms with Crippen LogP contribution in [0.3, 0.4) is 0 Å². The molecule has 0 saturated heterocycles. The molecule has 0 radical (unpaired) electrons. The fraction of sp³-hybridized carbons (Fsp3) is 0.368. The molecule has 2 nitrogen and oxygen atoms in total. The van der Waals surface area contributed by atoms with Crippen LogP contribution in [0.1, 0.15) is 38.3 Å². The Hall–Kier alpha value is -1.51. The molecular formula is C19H26ClNO. The van der Waals surface area contributed by atoms with Gasteiger partial charge in [0.1, 0.15) is 12.4 Å². The van der Waals surface area contributed by atoms with Crippen LogP contribution >= 0.6 is 12.4 Å². The predicted octanol–water partition coefficient (Wildman–Crippen LogP) is 4.97. The smallest absolute Gasteiger partial charge is 0.119 e. The molecule has 2 aromatic rings. The van der Waals surface area contributed by atoms with Crippen LogP contribution in [0.25, 0.3) is 0 Å². The summed E-state index contributed by atoms with van der Waals surface area (Å²) in [4.78, 5) is 0. The average molecular weight is 320 g/mol. The second kappa shape index (κ2) is 8.82. The summed E-state index contributed by atoms with van der Waals surface area (Å²) in [6, 6.07) is 18.6. The molecule has 2 rings (SSSR count). The lowest BCUT2D eigenvalue weighted by molar-refractivity contribution is 0.306. The van der Waals surface area contributed by atoms with Gasteiger partial charge in [0.15, 0.2) is 0 Å². The highest BCUT2D eigenvalue weighted by Gasteiger charge is 2.13. The van der Waals surface area contributed by atoms with Crippen molar-refractivity contribution in [1.82, 2.24) is 5.32 Å². The number of nitrogens with one attached hydrogen (secondary N) is 1. The Morgan fingerprint density at radius 2 is 1.55 bits per heavy atom. The quantitative estimate of drug-likeness (QED) is 0.778. The Bertz CT molecular complexity index is 537. The van der Waals surface area contributed by atoms with Crippen LogP contribution in [0.2, 0.25) is 0 Å². The van der Waals surface area contributed by atoms with E-state index in [2.05, 4.69) is 50.4 Å². The van der Waals surface area contributed by atoms with Crippen molar-refractivity contribution in [2.45, 2.75) is 45.9 Å². The van der Waals surface area contributed by atoms with Crippen molar-refractivity contribution in [3.8, 4) is 5.75 Å². The summed E-state index contributed by atoms with van der Waals surface area (Å²) in [7, 11) is 0. The first-order valence-corrected chi connectivity index (χ1v) is 7.60. The normalized spacial score (nSPS) is 10.9. The molecule has 0 heterocycles. The first-order chi connectivity index (χ1) is 10.1. The molecule has 120 valence electrons. The van der Waals surface area contributed by atoms with Crippen molar-refractivity contribution < 1.29 is 4.74 Å². The van der Waals surface area contributed by atoms with Crippen LogP contribution in [0, 0.1) is 0 Å². The number of halogens is 1. The maximum absolute atomic E-state index is 5.79. The fourth-order valence-corrected chi connectivity index (χ4v) is 1.91. The predicted molar refractivity (Wildman–Crippen MR) is 95.7 cm³/mol. The largest absolute Gasteiger partial charge is 0.489 e. The highest BCUT2D eigenvalue weighted by Crippen LogP contribution is 2.15. The van der Waals surface area contributed by atoms with E-state index >= 15 is 0 Å². The molecule has 1 N–H and O–H groups in total. The second-order valence-electron chi connectivity index (χ2n) is 6.01. The standard InChI is InChI=1S/C19H25NO.ClH/c1-4-19(2,3)20-14-16-10-12-18(13-11-16)21-15-17-8-6-5-7-9-17;/h5-13,20H,4,14-15H2,1-3H3;1H. The van der Waals surface area contributed by atoms with Gasteiger partial charge in [0.25, 0.3) is 0 Å². The molecule has 0 unspecified atom stereocenters. The Balaban J connectivity index is 0.00000242. The summed E-state index contributed by atoms with van der Waals surface area (Å²) in [5, 5.41) is 3.56. The van der Waals surface area contributed by atoms with Crippen molar-refractivity contribution in [3.05, 3.63) is 65.7 Å². The van der Waals surface area contributed by atoms with E-state index < -0.39 is 0 Å². The number of ether oxygens (including phenoxy) is 1. The van der Waals surface area contributed by atoms with Crippen molar-refractivity contribution >= 4 is 12.4 Å². The summed E-state index contributed by atoms with van der Waals surface area (Å²) in [6.07, 6.45) is 1.12. The van der Waals surface area contributed by atoms with E-state index in [-0.39, 0.29) is 17.9 Å². The minimum absolute atomic E-state index is 0. The summed E-state index contributed by atoms with van der Waals surface area (Å²) >= 11 is 0. The second-order valence-corrected chi connectivity index (χ2v) is 6.01. The van der Waals surface area contributed by atoms with Gasteiger partial charge < -0.3 is 10.1 Å². The van der Waals surface area contributed by atoms with E-state index in [9.17, 15) is 0 Å². The third-order valence-corrected chi connectivity index (χ3v) is 3.83. The van der Waals surface area contributed by atoms with Gasteiger partial charge in [-0.05, 0) is 43.5 Å². The van der Waals surface area contributed by atoms with E-state index in [1.54, 1.807) is 0 Å². The van der Waals surface area contributed by atoms with Crippen molar-refractivity contribution in [2.75, 3.05) is 0 Å². The van der Waals surface area contributed by atoms with Crippen molar-refractivity contribution in [3.63, 3.8) is 0 Å². The van der Waals surface area contributed by atoms with Gasteiger partial charge in [-0.3, -0.25) is 0 Å². The summed E-state index contributed by atoms with van der Waals surface area (Å²) in [5.41, 5.74) is 2.65. The van der Waals surface area contributed by atoms with Crippen LogP contribution in [-0.4, -0.2) is 5.54 Å². The lowest BCUT2D eigenvalue weighted by Crippen LogP contribution is -2.37. The summed E-state index contributed by atoms with van der Waals surface area (Å²) in [5.74, 6) is 0.914. The zero-order chi connectivity index (χ0) is 15.1.